The maximum absolute atomic E-state index is 12.5. The maximum Gasteiger partial charge on any atom is 0.230 e. The van der Waals surface area contributed by atoms with Crippen molar-refractivity contribution in [2.45, 2.75) is 75.2 Å². The van der Waals surface area contributed by atoms with Gasteiger partial charge in [-0.3, -0.25) is 14.5 Å². The molecule has 1 aromatic heterocycles. The van der Waals surface area contributed by atoms with Gasteiger partial charge in [0.1, 0.15) is 0 Å². The van der Waals surface area contributed by atoms with E-state index >= 15 is 0 Å². The molecule has 2 aromatic rings. The third-order valence-electron chi connectivity index (χ3n) is 5.66. The molecule has 6 nitrogen and oxygen atoms in total. The van der Waals surface area contributed by atoms with E-state index in [0.717, 1.165) is 29.2 Å². The predicted molar refractivity (Wildman–Crippen MR) is 121 cm³/mol. The van der Waals surface area contributed by atoms with Gasteiger partial charge in [0.05, 0.1) is 11.8 Å². The Labute approximate surface area is 185 Å². The number of anilines is 1. The van der Waals surface area contributed by atoms with Crippen LogP contribution in [0.4, 0.5) is 5.13 Å². The van der Waals surface area contributed by atoms with Crippen LogP contribution in [-0.4, -0.2) is 33.8 Å². The molecule has 1 N–H and O–H groups in total. The molecule has 4 rings (SSSR count). The Morgan fingerprint density at radius 3 is 2.73 bits per heavy atom. The fourth-order valence-corrected chi connectivity index (χ4v) is 5.59. The summed E-state index contributed by atoms with van der Waals surface area (Å²) in [7, 11) is 0. The average molecular weight is 445 g/mol. The van der Waals surface area contributed by atoms with Crippen LogP contribution in [0.3, 0.4) is 0 Å². The van der Waals surface area contributed by atoms with Gasteiger partial charge in [0.15, 0.2) is 4.34 Å². The molecule has 2 aliphatic rings. The van der Waals surface area contributed by atoms with E-state index in [0.29, 0.717) is 11.6 Å². The molecule has 0 saturated heterocycles. The standard InChI is InChI=1S/C22H28N4O2S2/c1-3-20(28)26(18-10-11-18)21-24-25-22(30-21)29-13-19(27)23-14(2)16-9-8-15-6-4-5-7-17(15)12-16/h8-9,12,14,18H,3-7,10-11,13H2,1-2H3,(H,23,27). The topological polar surface area (TPSA) is 75.2 Å². The minimum Gasteiger partial charge on any atom is -0.349 e. The highest BCUT2D eigenvalue weighted by atomic mass is 32.2. The number of rotatable bonds is 8. The first-order valence-electron chi connectivity index (χ1n) is 10.7. The van der Waals surface area contributed by atoms with Gasteiger partial charge in [0, 0.05) is 12.5 Å². The number of benzene rings is 1. The Kier molecular flexibility index (Phi) is 6.73. The van der Waals surface area contributed by atoms with Crippen LogP contribution in [0.5, 0.6) is 0 Å². The highest BCUT2D eigenvalue weighted by Gasteiger charge is 2.35. The number of nitrogens with one attached hydrogen (secondary N) is 1. The number of nitrogens with zero attached hydrogens (tertiary/aromatic N) is 3. The zero-order valence-electron chi connectivity index (χ0n) is 17.5. The van der Waals surface area contributed by atoms with Gasteiger partial charge >= 0.3 is 0 Å². The van der Waals surface area contributed by atoms with Crippen molar-refractivity contribution in [2.75, 3.05) is 10.7 Å². The van der Waals surface area contributed by atoms with E-state index in [2.05, 4.69) is 33.7 Å². The Morgan fingerprint density at radius 1 is 1.23 bits per heavy atom. The second kappa shape index (κ2) is 9.47. The maximum atomic E-state index is 12.5. The van der Waals surface area contributed by atoms with Crippen molar-refractivity contribution in [2.24, 2.45) is 0 Å². The number of thioether (sulfide) groups is 1. The van der Waals surface area contributed by atoms with Crippen LogP contribution < -0.4 is 10.2 Å². The van der Waals surface area contributed by atoms with Crippen LogP contribution in [0.1, 0.15) is 68.7 Å². The van der Waals surface area contributed by atoms with Gasteiger partial charge in [0.25, 0.3) is 0 Å². The van der Waals surface area contributed by atoms with Gasteiger partial charge in [-0.2, -0.15) is 0 Å². The lowest BCUT2D eigenvalue weighted by Crippen LogP contribution is -2.32. The number of fused-ring (bicyclic) bond motifs is 1. The summed E-state index contributed by atoms with van der Waals surface area (Å²) < 4.78 is 0.719. The zero-order valence-corrected chi connectivity index (χ0v) is 19.2. The Morgan fingerprint density at radius 2 is 2.00 bits per heavy atom. The van der Waals surface area contributed by atoms with E-state index in [1.54, 1.807) is 4.90 Å². The molecule has 1 fully saturated rings. The second-order valence-electron chi connectivity index (χ2n) is 8.01. The average Bonchev–Trinajstić information content (AvgIpc) is 3.48. The van der Waals surface area contributed by atoms with Gasteiger partial charge in [0.2, 0.25) is 16.9 Å². The van der Waals surface area contributed by atoms with Crippen molar-refractivity contribution < 1.29 is 9.59 Å². The molecule has 1 unspecified atom stereocenters. The van der Waals surface area contributed by atoms with Gasteiger partial charge in [-0.25, -0.2) is 0 Å². The molecule has 2 aliphatic carbocycles. The van der Waals surface area contributed by atoms with Crippen molar-refractivity contribution in [1.29, 1.82) is 0 Å². The molecule has 0 radical (unpaired) electrons. The quantitative estimate of drug-likeness (QED) is 0.486. The number of carbonyl (C=O) groups excluding carboxylic acids is 2. The Balaban J connectivity index is 1.31. The van der Waals surface area contributed by atoms with Gasteiger partial charge < -0.3 is 5.32 Å². The molecule has 160 valence electrons. The van der Waals surface area contributed by atoms with Crippen LogP contribution in [0.2, 0.25) is 0 Å². The summed E-state index contributed by atoms with van der Waals surface area (Å²) in [5.74, 6) is 0.349. The summed E-state index contributed by atoms with van der Waals surface area (Å²) in [6.45, 7) is 3.89. The lowest BCUT2D eigenvalue weighted by molar-refractivity contribution is -0.119. The highest BCUT2D eigenvalue weighted by molar-refractivity contribution is 8.01. The Bertz CT molecular complexity index is 926. The third kappa shape index (κ3) is 5.03. The Hall–Kier alpha value is -1.93. The smallest absolute Gasteiger partial charge is 0.230 e. The van der Waals surface area contributed by atoms with E-state index in [9.17, 15) is 9.59 Å². The summed E-state index contributed by atoms with van der Waals surface area (Å²) in [5, 5.41) is 12.1. The third-order valence-corrected chi connectivity index (χ3v) is 7.72. The molecule has 1 saturated carbocycles. The van der Waals surface area contributed by atoms with Crippen molar-refractivity contribution in [1.82, 2.24) is 15.5 Å². The molecule has 30 heavy (non-hydrogen) atoms. The fraction of sp³-hybridized carbons (Fsp3) is 0.545. The normalized spacial score (nSPS) is 16.6. The first kappa shape index (κ1) is 21.3. The van der Waals surface area contributed by atoms with Crippen molar-refractivity contribution >= 4 is 40.0 Å². The van der Waals surface area contributed by atoms with Gasteiger partial charge in [-0.05, 0) is 62.1 Å². The van der Waals surface area contributed by atoms with Crippen LogP contribution in [0.15, 0.2) is 22.5 Å². The highest BCUT2D eigenvalue weighted by Crippen LogP contribution is 2.36. The molecular formula is C22H28N4O2S2. The molecule has 0 bridgehead atoms. The molecule has 8 heteroatoms. The number of hydrogen-bond donors (Lipinski definition) is 1. The van der Waals surface area contributed by atoms with Crippen LogP contribution in [-0.2, 0) is 22.4 Å². The molecular weight excluding hydrogens is 416 g/mol. The number of amides is 2. The van der Waals surface area contributed by atoms with E-state index in [1.807, 2.05) is 13.8 Å². The van der Waals surface area contributed by atoms with E-state index < -0.39 is 0 Å². The summed E-state index contributed by atoms with van der Waals surface area (Å²) in [5.41, 5.74) is 4.04. The van der Waals surface area contributed by atoms with Crippen molar-refractivity contribution in [3.05, 3.63) is 34.9 Å². The summed E-state index contributed by atoms with van der Waals surface area (Å²) in [6.07, 6.45) is 7.33. The largest absolute Gasteiger partial charge is 0.349 e. The van der Waals surface area contributed by atoms with Crippen LogP contribution in [0.25, 0.3) is 0 Å². The van der Waals surface area contributed by atoms with Gasteiger partial charge in [-0.15, -0.1) is 10.2 Å². The number of aryl methyl sites for hydroxylation is 2. The van der Waals surface area contributed by atoms with Crippen molar-refractivity contribution in [3.63, 3.8) is 0 Å². The minimum absolute atomic E-state index is 0.0225. The van der Waals surface area contributed by atoms with E-state index in [-0.39, 0.29) is 29.7 Å². The monoisotopic (exact) mass is 444 g/mol. The van der Waals surface area contributed by atoms with Crippen LogP contribution in [0, 0.1) is 0 Å². The summed E-state index contributed by atoms with van der Waals surface area (Å²) >= 11 is 2.76. The summed E-state index contributed by atoms with van der Waals surface area (Å²) in [6, 6.07) is 6.84. The lowest BCUT2D eigenvalue weighted by atomic mass is 9.89. The molecule has 1 aromatic carbocycles. The van der Waals surface area contributed by atoms with E-state index in [1.165, 1.54) is 53.5 Å². The lowest BCUT2D eigenvalue weighted by Gasteiger charge is -2.20. The zero-order chi connectivity index (χ0) is 21.1. The van der Waals surface area contributed by atoms with Crippen molar-refractivity contribution in [3.8, 4) is 0 Å². The summed E-state index contributed by atoms with van der Waals surface area (Å²) in [4.78, 5) is 26.4. The number of carbonyl (C=O) groups is 2. The predicted octanol–water partition coefficient (Wildman–Crippen LogP) is 4.29. The molecule has 1 heterocycles. The molecule has 1 atom stereocenters. The van der Waals surface area contributed by atoms with Gasteiger partial charge in [-0.1, -0.05) is 48.2 Å². The number of aromatic nitrogens is 2. The molecule has 2 amide bonds. The second-order valence-corrected chi connectivity index (χ2v) is 10.2. The number of hydrogen-bond acceptors (Lipinski definition) is 6. The molecule has 0 aliphatic heterocycles. The minimum atomic E-state index is -0.0251. The SMILES string of the molecule is CCC(=O)N(c1nnc(SCC(=O)NC(C)c2ccc3c(c2)CCCC3)s1)C1CC1. The molecule has 0 spiro atoms. The first-order chi connectivity index (χ1) is 14.5. The van der Waals surface area contributed by atoms with E-state index in [4.69, 9.17) is 0 Å². The fourth-order valence-electron chi connectivity index (χ4n) is 3.84. The van der Waals surface area contributed by atoms with Crippen LogP contribution >= 0.6 is 23.1 Å². The first-order valence-corrected chi connectivity index (χ1v) is 12.5.